The van der Waals surface area contributed by atoms with E-state index < -0.39 is 0 Å². The molecule has 1 aliphatic rings. The molecular formula is C16H15FN2O3. The number of carbonyl (C=O) groups is 1. The molecule has 0 bridgehead atoms. The van der Waals surface area contributed by atoms with Crippen molar-refractivity contribution in [3.8, 4) is 5.75 Å². The number of amides is 1. The maximum absolute atomic E-state index is 13.0. The SMILES string of the molecule is O=C(c1ncccc1O)N1CCO[C@@H](c2ccc(F)cc2)C1. The number of aromatic hydroxyl groups is 1. The highest BCUT2D eigenvalue weighted by Gasteiger charge is 2.28. The highest BCUT2D eigenvalue weighted by Crippen LogP contribution is 2.24. The van der Waals surface area contributed by atoms with Crippen molar-refractivity contribution in [1.29, 1.82) is 0 Å². The van der Waals surface area contributed by atoms with Gasteiger partial charge in [0.05, 0.1) is 13.2 Å². The molecule has 1 aliphatic heterocycles. The van der Waals surface area contributed by atoms with Crippen molar-refractivity contribution in [2.45, 2.75) is 6.10 Å². The molecule has 1 N–H and O–H groups in total. The fourth-order valence-electron chi connectivity index (χ4n) is 2.42. The second-order valence-corrected chi connectivity index (χ2v) is 5.03. The number of carbonyl (C=O) groups excluding carboxylic acids is 1. The minimum absolute atomic E-state index is 0.0299. The van der Waals surface area contributed by atoms with Gasteiger partial charge in [0.2, 0.25) is 0 Å². The van der Waals surface area contributed by atoms with Crippen molar-refractivity contribution in [3.63, 3.8) is 0 Å². The molecule has 1 aromatic carbocycles. The lowest BCUT2D eigenvalue weighted by Crippen LogP contribution is -2.42. The van der Waals surface area contributed by atoms with Gasteiger partial charge in [-0.2, -0.15) is 0 Å². The molecule has 0 saturated carbocycles. The van der Waals surface area contributed by atoms with Gasteiger partial charge in [-0.1, -0.05) is 12.1 Å². The largest absolute Gasteiger partial charge is 0.505 e. The summed E-state index contributed by atoms with van der Waals surface area (Å²) >= 11 is 0. The second kappa shape index (κ2) is 6.11. The Morgan fingerprint density at radius 2 is 2.09 bits per heavy atom. The molecular weight excluding hydrogens is 287 g/mol. The van der Waals surface area contributed by atoms with Crippen LogP contribution < -0.4 is 0 Å². The zero-order valence-electron chi connectivity index (χ0n) is 11.8. The number of aromatic nitrogens is 1. The lowest BCUT2D eigenvalue weighted by molar-refractivity contribution is -0.0231. The molecule has 0 aliphatic carbocycles. The Morgan fingerprint density at radius 1 is 1.32 bits per heavy atom. The number of morpholine rings is 1. The fourth-order valence-corrected chi connectivity index (χ4v) is 2.42. The number of hydrogen-bond donors (Lipinski definition) is 1. The van der Waals surface area contributed by atoms with Gasteiger partial charge in [-0.15, -0.1) is 0 Å². The lowest BCUT2D eigenvalue weighted by Gasteiger charge is -2.33. The van der Waals surface area contributed by atoms with Crippen molar-refractivity contribution in [2.75, 3.05) is 19.7 Å². The standard InChI is InChI=1S/C16H15FN2O3/c17-12-5-3-11(4-6-12)14-10-19(8-9-22-14)16(21)15-13(20)2-1-7-18-15/h1-7,14,20H,8-10H2/t14-/m1/s1. The van der Waals surface area contributed by atoms with Gasteiger partial charge in [0.1, 0.15) is 17.7 Å². The van der Waals surface area contributed by atoms with Crippen molar-refractivity contribution >= 4 is 5.91 Å². The molecule has 1 fully saturated rings. The molecule has 1 atom stereocenters. The number of hydrogen-bond acceptors (Lipinski definition) is 4. The first kappa shape index (κ1) is 14.5. The minimum Gasteiger partial charge on any atom is -0.505 e. The highest BCUT2D eigenvalue weighted by molar-refractivity contribution is 5.94. The van der Waals surface area contributed by atoms with Gasteiger partial charge in [-0.3, -0.25) is 4.79 Å². The Labute approximate surface area is 127 Å². The number of halogens is 1. The van der Waals surface area contributed by atoms with Crippen molar-refractivity contribution in [3.05, 3.63) is 59.7 Å². The van der Waals surface area contributed by atoms with Crippen molar-refractivity contribution in [1.82, 2.24) is 9.88 Å². The predicted octanol–water partition coefficient (Wildman–Crippen LogP) is 2.14. The van der Waals surface area contributed by atoms with Gasteiger partial charge in [0.25, 0.3) is 5.91 Å². The maximum atomic E-state index is 13.0. The zero-order valence-corrected chi connectivity index (χ0v) is 11.8. The molecule has 2 heterocycles. The number of nitrogens with zero attached hydrogens (tertiary/aromatic N) is 2. The molecule has 22 heavy (non-hydrogen) atoms. The number of benzene rings is 1. The third-order valence-electron chi connectivity index (χ3n) is 3.58. The molecule has 3 rings (SSSR count). The van der Waals surface area contributed by atoms with Gasteiger partial charge in [0.15, 0.2) is 5.69 Å². The first-order valence-corrected chi connectivity index (χ1v) is 6.95. The summed E-state index contributed by atoms with van der Waals surface area (Å²) in [6.45, 7) is 1.13. The Balaban J connectivity index is 1.77. The van der Waals surface area contributed by atoms with Crippen LogP contribution in [0.4, 0.5) is 4.39 Å². The van der Waals surface area contributed by atoms with Crippen LogP contribution in [-0.2, 0) is 4.74 Å². The number of ether oxygens (including phenoxy) is 1. The first-order chi connectivity index (χ1) is 10.6. The molecule has 1 aromatic heterocycles. The summed E-state index contributed by atoms with van der Waals surface area (Å²) in [4.78, 5) is 18.0. The quantitative estimate of drug-likeness (QED) is 0.923. The Kier molecular flexibility index (Phi) is 4.02. The third-order valence-corrected chi connectivity index (χ3v) is 3.58. The highest BCUT2D eigenvalue weighted by atomic mass is 19.1. The maximum Gasteiger partial charge on any atom is 0.276 e. The molecule has 1 saturated heterocycles. The van der Waals surface area contributed by atoms with Gasteiger partial charge < -0.3 is 14.7 Å². The van der Waals surface area contributed by atoms with Gasteiger partial charge in [0, 0.05) is 12.7 Å². The van der Waals surface area contributed by atoms with E-state index >= 15 is 0 Å². The zero-order chi connectivity index (χ0) is 15.5. The summed E-state index contributed by atoms with van der Waals surface area (Å²) < 4.78 is 18.6. The summed E-state index contributed by atoms with van der Waals surface area (Å²) in [5.41, 5.74) is 0.839. The molecule has 6 heteroatoms. The van der Waals surface area contributed by atoms with E-state index in [0.29, 0.717) is 19.7 Å². The summed E-state index contributed by atoms with van der Waals surface area (Å²) in [6, 6.07) is 9.01. The van der Waals surface area contributed by atoms with E-state index in [4.69, 9.17) is 4.74 Å². The minimum atomic E-state index is -0.339. The lowest BCUT2D eigenvalue weighted by atomic mass is 10.1. The van der Waals surface area contributed by atoms with E-state index in [9.17, 15) is 14.3 Å². The van der Waals surface area contributed by atoms with Crippen molar-refractivity contribution in [2.24, 2.45) is 0 Å². The van der Waals surface area contributed by atoms with Crippen LogP contribution in [0.5, 0.6) is 5.75 Å². The van der Waals surface area contributed by atoms with Crippen LogP contribution in [0.1, 0.15) is 22.2 Å². The summed E-state index contributed by atoms with van der Waals surface area (Å²) in [7, 11) is 0. The monoisotopic (exact) mass is 302 g/mol. The number of rotatable bonds is 2. The van der Waals surface area contributed by atoms with Crippen LogP contribution in [0.2, 0.25) is 0 Å². The molecule has 5 nitrogen and oxygen atoms in total. The van der Waals surface area contributed by atoms with E-state index in [1.54, 1.807) is 23.1 Å². The Hall–Kier alpha value is -2.47. The molecule has 0 spiro atoms. The van der Waals surface area contributed by atoms with Crippen LogP contribution in [0.3, 0.4) is 0 Å². The molecule has 114 valence electrons. The van der Waals surface area contributed by atoms with Gasteiger partial charge in [-0.05, 0) is 29.8 Å². The van der Waals surface area contributed by atoms with Gasteiger partial charge >= 0.3 is 0 Å². The van der Waals surface area contributed by atoms with E-state index in [1.165, 1.54) is 24.4 Å². The predicted molar refractivity (Wildman–Crippen MR) is 76.9 cm³/mol. The fraction of sp³-hybridized carbons (Fsp3) is 0.250. The smallest absolute Gasteiger partial charge is 0.276 e. The molecule has 1 amide bonds. The summed E-state index contributed by atoms with van der Waals surface area (Å²) in [5, 5.41) is 9.74. The second-order valence-electron chi connectivity index (χ2n) is 5.03. The first-order valence-electron chi connectivity index (χ1n) is 6.95. The summed E-state index contributed by atoms with van der Waals surface area (Å²) in [6.07, 6.45) is 1.15. The van der Waals surface area contributed by atoms with E-state index in [1.807, 2.05) is 0 Å². The van der Waals surface area contributed by atoms with E-state index in [-0.39, 0.29) is 29.3 Å². The van der Waals surface area contributed by atoms with E-state index in [0.717, 1.165) is 5.56 Å². The van der Waals surface area contributed by atoms with Crippen LogP contribution in [0, 0.1) is 5.82 Å². The topological polar surface area (TPSA) is 62.7 Å². The molecule has 2 aromatic rings. The Morgan fingerprint density at radius 3 is 2.82 bits per heavy atom. The Bertz CT molecular complexity index is 675. The normalized spacial score (nSPS) is 18.2. The van der Waals surface area contributed by atoms with Crippen LogP contribution in [0.15, 0.2) is 42.6 Å². The average molecular weight is 302 g/mol. The van der Waals surface area contributed by atoms with E-state index in [2.05, 4.69) is 4.98 Å². The number of pyridine rings is 1. The van der Waals surface area contributed by atoms with Gasteiger partial charge in [-0.25, -0.2) is 9.37 Å². The molecule has 0 unspecified atom stereocenters. The average Bonchev–Trinajstić information content (AvgIpc) is 2.55. The third kappa shape index (κ3) is 2.92. The van der Waals surface area contributed by atoms with Crippen LogP contribution in [-0.4, -0.2) is 40.6 Å². The summed E-state index contributed by atoms with van der Waals surface area (Å²) in [5.74, 6) is -0.795. The van der Waals surface area contributed by atoms with Crippen LogP contribution in [0.25, 0.3) is 0 Å². The van der Waals surface area contributed by atoms with Crippen molar-refractivity contribution < 1.29 is 19.0 Å². The van der Waals surface area contributed by atoms with Crippen LogP contribution >= 0.6 is 0 Å². The molecule has 0 radical (unpaired) electrons.